The summed E-state index contributed by atoms with van der Waals surface area (Å²) in [6, 6.07) is 87.8. The fraction of sp³-hybridized carbons (Fsp3) is 0.294. The topological polar surface area (TPSA) is 242 Å². The van der Waals surface area contributed by atoms with Crippen LogP contribution in [0.4, 0.5) is 0 Å². The van der Waals surface area contributed by atoms with Crippen molar-refractivity contribution in [3.63, 3.8) is 0 Å². The number of aryl methyl sites for hydroxylation is 2. The van der Waals surface area contributed by atoms with E-state index in [1.54, 1.807) is 42.7 Å². The van der Waals surface area contributed by atoms with Crippen molar-refractivity contribution >= 4 is 87.2 Å². The number of likely N-dealkylation sites (N-methyl/N-ethyl adjacent to an activating group) is 2. The summed E-state index contributed by atoms with van der Waals surface area (Å²) in [5.41, 5.74) is 8.90. The number of H-pyrrole nitrogens is 2. The normalized spacial score (nSPS) is 12.3. The molecule has 16 rings (SSSR count). The predicted molar refractivity (Wildman–Crippen MR) is 503 cm³/mol. The largest absolute Gasteiger partial charge is 0.493 e. The molecule has 0 aliphatic heterocycles. The predicted octanol–water partition coefficient (Wildman–Crippen LogP) is 17.0. The van der Waals surface area contributed by atoms with Crippen LogP contribution in [-0.4, -0.2) is 225 Å². The highest BCUT2D eigenvalue weighted by Gasteiger charge is 2.21. The number of rotatable bonds is 42. The average molecular weight is 1710 g/mol. The standard InChI is InChI=1S/C27H32N2O4.3C25H28N2O4/c1-28(16-17-32-25-14-8-7-13-24(25)31-4)18-20(30-3)19-33-26-15-9-12-23-27(26)21-10-5-6-11-22(21)29(23)2;1-27(14-15-30-23-12-6-5-11-22(23)29-2)16-18(28)17-31-24-13-7-10-21-25(24)19-8-3-4-9-20(19)26-21;1-28-18(16-26-14-15-30-23-12-6-5-11-22(23)29-2)17-31-24-13-7-10-21-25(24)19-8-3-4-9-20(19)27-21;1-27-20-9-4-3-8-19(20)25-21(27)10-7-13-24(25)31-17-18(28)16-26-14-15-30-23-12-6-5-11-22(23)29-2/h5-15,20H,16-19H2,1-4H3;3-13,18,26,28H,14-17H2,1-2H3;3-13,18,26-27H,14-17H2,1-2H3;3-13,18,26,28H,14-17H2,1-2H3. The van der Waals surface area contributed by atoms with Crippen LogP contribution in [-0.2, 0) is 23.6 Å². The van der Waals surface area contributed by atoms with Gasteiger partial charge in [-0.2, -0.15) is 0 Å². The fourth-order valence-corrected chi connectivity index (χ4v) is 15.3. The van der Waals surface area contributed by atoms with Crippen LogP contribution < -0.4 is 67.5 Å². The highest BCUT2D eigenvalue weighted by molar-refractivity contribution is 6.13. The van der Waals surface area contributed by atoms with Crippen LogP contribution in [0.1, 0.15) is 0 Å². The first-order valence-corrected chi connectivity index (χ1v) is 42.4. The van der Waals surface area contributed by atoms with E-state index in [1.807, 2.05) is 200 Å². The van der Waals surface area contributed by atoms with E-state index in [9.17, 15) is 10.2 Å². The molecular weight excluding hydrogens is 1590 g/mol. The molecule has 660 valence electrons. The second kappa shape index (κ2) is 46.2. The lowest BCUT2D eigenvalue weighted by Gasteiger charge is -2.23. The maximum absolute atomic E-state index is 10.5. The van der Waals surface area contributed by atoms with Crippen molar-refractivity contribution in [1.29, 1.82) is 0 Å². The van der Waals surface area contributed by atoms with Crippen LogP contribution in [0.2, 0.25) is 0 Å². The number of aliphatic hydroxyl groups excluding tert-OH is 2. The summed E-state index contributed by atoms with van der Waals surface area (Å²) < 4.78 is 84.6. The second-order valence-electron chi connectivity index (χ2n) is 30.3. The molecule has 16 aromatic rings. The molecule has 4 atom stereocenters. The fourth-order valence-electron chi connectivity index (χ4n) is 15.3. The highest BCUT2D eigenvalue weighted by atomic mass is 16.5. The zero-order valence-corrected chi connectivity index (χ0v) is 73.4. The molecule has 0 amide bonds. The van der Waals surface area contributed by atoms with Gasteiger partial charge in [-0.3, -0.25) is 0 Å². The number of methoxy groups -OCH3 is 6. The molecule has 24 heteroatoms. The number of benzene rings is 12. The van der Waals surface area contributed by atoms with Gasteiger partial charge in [0.05, 0.1) is 50.5 Å². The van der Waals surface area contributed by atoms with Crippen molar-refractivity contribution in [2.75, 3.05) is 162 Å². The Morgan fingerprint density at radius 3 is 1.02 bits per heavy atom. The van der Waals surface area contributed by atoms with Crippen LogP contribution in [0.5, 0.6) is 69.0 Å². The lowest BCUT2D eigenvalue weighted by Crippen LogP contribution is -2.36. The van der Waals surface area contributed by atoms with Gasteiger partial charge in [-0.1, -0.05) is 146 Å². The third-order valence-electron chi connectivity index (χ3n) is 21.8. The van der Waals surface area contributed by atoms with E-state index in [4.69, 9.17) is 66.3 Å². The van der Waals surface area contributed by atoms with Crippen molar-refractivity contribution in [3.05, 3.63) is 267 Å². The molecule has 126 heavy (non-hydrogen) atoms. The first-order valence-electron chi connectivity index (χ1n) is 42.4. The molecule has 0 spiro atoms. The SMILES string of the molecule is COc1ccccc1OCCN(C)CC(COc1cccc2c1c1ccccc1n2C)OC.COc1ccccc1OCCN(C)CC(O)COc1cccc2[nH]c3ccccc3c12.COc1ccccc1OCCNCC(COc1cccc2[nH]c3ccccc3c12)OC.COc1ccccc1OCCNCC(O)COc1cccc2c1c1ccccc1n2C. The summed E-state index contributed by atoms with van der Waals surface area (Å²) in [5, 5.41) is 36.4. The molecule has 0 saturated heterocycles. The van der Waals surface area contributed by atoms with Crippen LogP contribution in [0.15, 0.2) is 267 Å². The van der Waals surface area contributed by atoms with Gasteiger partial charge in [0.1, 0.15) is 100 Å². The second-order valence-corrected chi connectivity index (χ2v) is 30.3. The summed E-state index contributed by atoms with van der Waals surface area (Å²) in [6.07, 6.45) is -1.38. The molecule has 4 unspecified atom stereocenters. The minimum atomic E-state index is -0.628. The van der Waals surface area contributed by atoms with E-state index in [0.717, 1.165) is 135 Å². The van der Waals surface area contributed by atoms with Gasteiger partial charge >= 0.3 is 0 Å². The molecule has 24 nitrogen and oxygen atoms in total. The van der Waals surface area contributed by atoms with E-state index in [0.29, 0.717) is 102 Å². The first kappa shape index (κ1) is 90.8. The Bertz CT molecular complexity index is 6090. The van der Waals surface area contributed by atoms with Crippen LogP contribution >= 0.6 is 0 Å². The third-order valence-corrected chi connectivity index (χ3v) is 21.8. The van der Waals surface area contributed by atoms with Crippen molar-refractivity contribution in [1.82, 2.24) is 39.5 Å². The summed E-state index contributed by atoms with van der Waals surface area (Å²) in [5.74, 6) is 9.11. The van der Waals surface area contributed by atoms with E-state index in [2.05, 4.69) is 135 Å². The molecule has 4 heterocycles. The van der Waals surface area contributed by atoms with E-state index in [1.165, 1.54) is 10.9 Å². The number of nitrogens with zero attached hydrogens (tertiary/aromatic N) is 4. The number of ether oxygens (including phenoxy) is 14. The number of aromatic nitrogens is 4. The number of aromatic amines is 2. The van der Waals surface area contributed by atoms with Gasteiger partial charge < -0.3 is 116 Å². The van der Waals surface area contributed by atoms with Gasteiger partial charge in [0.25, 0.3) is 0 Å². The minimum Gasteiger partial charge on any atom is -0.493 e. The number of hydrogen-bond acceptors (Lipinski definition) is 20. The molecule has 0 fully saturated rings. The molecule has 0 saturated carbocycles. The number of hydrogen-bond donors (Lipinski definition) is 6. The number of fused-ring (bicyclic) bond motifs is 12. The Kier molecular flexibility index (Phi) is 33.3. The molecular formula is C102H116N8O16. The summed E-state index contributed by atoms with van der Waals surface area (Å²) >= 11 is 0. The van der Waals surface area contributed by atoms with Gasteiger partial charge in [-0.05, 0) is 135 Å². The van der Waals surface area contributed by atoms with E-state index >= 15 is 0 Å². The Balaban J connectivity index is 0.000000144. The summed E-state index contributed by atoms with van der Waals surface area (Å²) in [4.78, 5) is 11.1. The number of aliphatic hydroxyl groups is 2. The van der Waals surface area contributed by atoms with Gasteiger partial charge in [0, 0.05) is 146 Å². The Morgan fingerprint density at radius 2 is 0.603 bits per heavy atom. The lowest BCUT2D eigenvalue weighted by molar-refractivity contribution is 0.0331. The highest BCUT2D eigenvalue weighted by Crippen LogP contribution is 2.40. The monoisotopic (exact) mass is 1710 g/mol. The maximum Gasteiger partial charge on any atom is 0.161 e. The zero-order chi connectivity index (χ0) is 87.9. The van der Waals surface area contributed by atoms with Gasteiger partial charge in [0.15, 0.2) is 46.0 Å². The molecule has 4 aromatic heterocycles. The lowest BCUT2D eigenvalue weighted by atomic mass is 10.1. The van der Waals surface area contributed by atoms with Crippen molar-refractivity contribution in [2.24, 2.45) is 14.1 Å². The van der Waals surface area contributed by atoms with Crippen molar-refractivity contribution in [2.45, 2.75) is 24.4 Å². The van der Waals surface area contributed by atoms with Gasteiger partial charge in [-0.15, -0.1) is 0 Å². The van der Waals surface area contributed by atoms with Crippen LogP contribution in [0.25, 0.3) is 87.2 Å². The molecule has 0 aliphatic carbocycles. The van der Waals surface area contributed by atoms with E-state index < -0.39 is 12.2 Å². The van der Waals surface area contributed by atoms with Crippen molar-refractivity contribution in [3.8, 4) is 69.0 Å². The number of nitrogens with one attached hydrogen (secondary N) is 4. The Morgan fingerprint density at radius 1 is 0.294 bits per heavy atom. The minimum absolute atomic E-state index is 0.0634. The average Bonchev–Trinajstić information content (AvgIpc) is 1.62. The van der Waals surface area contributed by atoms with Crippen molar-refractivity contribution < 1.29 is 76.5 Å². The summed E-state index contributed by atoms with van der Waals surface area (Å²) in [7, 11) is 18.1. The molecule has 6 N–H and O–H groups in total. The van der Waals surface area contributed by atoms with Gasteiger partial charge in [-0.25, -0.2) is 0 Å². The molecule has 12 aromatic carbocycles. The Hall–Kier alpha value is -12.9. The molecule has 0 aliphatic rings. The van der Waals surface area contributed by atoms with Crippen LogP contribution in [0.3, 0.4) is 0 Å². The number of para-hydroxylation sites is 12. The third kappa shape index (κ3) is 23.6. The molecule has 0 radical (unpaired) electrons. The van der Waals surface area contributed by atoms with Gasteiger partial charge in [0.2, 0.25) is 0 Å². The smallest absolute Gasteiger partial charge is 0.161 e. The van der Waals surface area contributed by atoms with E-state index in [-0.39, 0.29) is 25.4 Å². The molecule has 0 bridgehead atoms. The van der Waals surface area contributed by atoms with Crippen LogP contribution in [0, 0.1) is 0 Å². The zero-order valence-electron chi connectivity index (χ0n) is 73.4. The summed E-state index contributed by atoms with van der Waals surface area (Å²) in [6.45, 7) is 8.45. The Labute approximate surface area is 735 Å². The quantitative estimate of drug-likeness (QED) is 0.0195. The first-order chi connectivity index (χ1) is 61.8. The maximum atomic E-state index is 10.5.